The van der Waals surface area contributed by atoms with E-state index in [1.807, 2.05) is 12.2 Å². The number of hydrogen-bond acceptors (Lipinski definition) is 2. The first-order valence-corrected chi connectivity index (χ1v) is 4.66. The molecule has 0 aromatic rings. The number of aliphatic hydroxyl groups excluding tert-OH is 1. The van der Waals surface area contributed by atoms with Gasteiger partial charge >= 0.3 is 0 Å². The van der Waals surface area contributed by atoms with E-state index in [2.05, 4.69) is 22.0 Å². The van der Waals surface area contributed by atoms with Crippen LogP contribution in [0.2, 0.25) is 0 Å². The predicted molar refractivity (Wildman–Crippen MR) is 49.8 cm³/mol. The lowest BCUT2D eigenvalue weighted by Crippen LogP contribution is -2.20. The number of fused-ring (bicyclic) bond motifs is 1. The molecule has 2 nitrogen and oxygen atoms in total. The first-order chi connectivity index (χ1) is 5.81. The van der Waals surface area contributed by atoms with Crippen LogP contribution in [0.5, 0.6) is 0 Å². The molecule has 1 aliphatic heterocycles. The van der Waals surface area contributed by atoms with Crippen LogP contribution in [0.1, 0.15) is 6.42 Å². The van der Waals surface area contributed by atoms with Crippen molar-refractivity contribution in [3.05, 3.63) is 34.0 Å². The van der Waals surface area contributed by atoms with Crippen LogP contribution in [0.4, 0.5) is 0 Å². The van der Waals surface area contributed by atoms with Crippen LogP contribution in [-0.2, 0) is 4.74 Å². The molecule has 0 saturated heterocycles. The third-order valence-corrected chi connectivity index (χ3v) is 2.68. The minimum Gasteiger partial charge on any atom is -0.487 e. The molecule has 0 aromatic heterocycles. The van der Waals surface area contributed by atoms with Crippen molar-refractivity contribution in [3.63, 3.8) is 0 Å². The van der Waals surface area contributed by atoms with Crippen molar-refractivity contribution < 1.29 is 9.84 Å². The zero-order valence-corrected chi connectivity index (χ0v) is 8.04. The van der Waals surface area contributed by atoms with Crippen LogP contribution in [0.25, 0.3) is 0 Å². The summed E-state index contributed by atoms with van der Waals surface area (Å²) in [6.07, 6.45) is 6.68. The van der Waals surface area contributed by atoms with Crippen molar-refractivity contribution in [3.8, 4) is 0 Å². The molecule has 1 N–H and O–H groups in total. The minimum absolute atomic E-state index is 0.0631. The summed E-state index contributed by atoms with van der Waals surface area (Å²) in [5, 5.41) is 8.87. The van der Waals surface area contributed by atoms with Crippen LogP contribution >= 0.6 is 15.9 Å². The highest BCUT2D eigenvalue weighted by atomic mass is 79.9. The molecule has 0 saturated carbocycles. The number of ether oxygens (including phenoxy) is 1. The van der Waals surface area contributed by atoms with E-state index in [4.69, 9.17) is 9.84 Å². The van der Waals surface area contributed by atoms with E-state index >= 15 is 0 Å². The average molecular weight is 229 g/mol. The van der Waals surface area contributed by atoms with Gasteiger partial charge < -0.3 is 9.84 Å². The minimum atomic E-state index is -0.0631. The molecule has 0 radical (unpaired) electrons. The largest absolute Gasteiger partial charge is 0.487 e. The van der Waals surface area contributed by atoms with Gasteiger partial charge in [-0.25, -0.2) is 0 Å². The number of aliphatic hydroxyl groups is 1. The zero-order chi connectivity index (χ0) is 8.55. The number of rotatable bonds is 1. The Morgan fingerprint density at radius 1 is 1.58 bits per heavy atom. The SMILES string of the molecule is OCC1CC=C2C(Br)=CC=C2O1. The molecule has 0 aromatic carbocycles. The Balaban J connectivity index is 2.21. The van der Waals surface area contributed by atoms with Gasteiger partial charge in [-0.2, -0.15) is 0 Å². The Labute approximate surface area is 79.4 Å². The van der Waals surface area contributed by atoms with Gasteiger partial charge in [-0.15, -0.1) is 0 Å². The van der Waals surface area contributed by atoms with E-state index in [-0.39, 0.29) is 12.7 Å². The number of allylic oxidation sites excluding steroid dienone is 3. The van der Waals surface area contributed by atoms with Gasteiger partial charge in [0, 0.05) is 16.5 Å². The smallest absolute Gasteiger partial charge is 0.127 e. The maximum absolute atomic E-state index is 8.87. The fourth-order valence-electron chi connectivity index (χ4n) is 1.34. The fourth-order valence-corrected chi connectivity index (χ4v) is 1.83. The Morgan fingerprint density at radius 2 is 2.42 bits per heavy atom. The lowest BCUT2D eigenvalue weighted by Gasteiger charge is -2.22. The molecule has 2 aliphatic rings. The topological polar surface area (TPSA) is 29.5 Å². The molecular weight excluding hydrogens is 220 g/mol. The van der Waals surface area contributed by atoms with E-state index in [0.717, 1.165) is 22.2 Å². The van der Waals surface area contributed by atoms with Crippen LogP contribution in [0.3, 0.4) is 0 Å². The summed E-state index contributed by atoms with van der Waals surface area (Å²) >= 11 is 3.42. The highest BCUT2D eigenvalue weighted by molar-refractivity contribution is 9.12. The molecule has 0 spiro atoms. The maximum atomic E-state index is 8.87. The van der Waals surface area contributed by atoms with E-state index in [9.17, 15) is 0 Å². The Bertz CT molecular complexity index is 289. The lowest BCUT2D eigenvalue weighted by molar-refractivity contribution is 0.0600. The summed E-state index contributed by atoms with van der Waals surface area (Å²) in [6.45, 7) is 0.0821. The Morgan fingerprint density at radius 3 is 3.17 bits per heavy atom. The standard InChI is InChI=1S/C9H9BrO2/c10-8-3-4-9-7(8)2-1-6(5-11)12-9/h2-4,6,11H,1,5H2. The van der Waals surface area contributed by atoms with Crippen molar-refractivity contribution in [2.45, 2.75) is 12.5 Å². The molecule has 0 amide bonds. The molecule has 12 heavy (non-hydrogen) atoms. The van der Waals surface area contributed by atoms with Crippen molar-refractivity contribution in [2.24, 2.45) is 0 Å². The summed E-state index contributed by atoms with van der Waals surface area (Å²) in [5.74, 6) is 0.868. The molecule has 0 fully saturated rings. The monoisotopic (exact) mass is 228 g/mol. The van der Waals surface area contributed by atoms with Crippen LogP contribution in [0.15, 0.2) is 34.0 Å². The Kier molecular flexibility index (Phi) is 2.07. The van der Waals surface area contributed by atoms with E-state index in [1.54, 1.807) is 0 Å². The summed E-state index contributed by atoms with van der Waals surface area (Å²) in [7, 11) is 0. The van der Waals surface area contributed by atoms with Gasteiger partial charge in [-0.3, -0.25) is 0 Å². The first-order valence-electron chi connectivity index (χ1n) is 3.87. The zero-order valence-electron chi connectivity index (χ0n) is 6.46. The van der Waals surface area contributed by atoms with E-state index in [1.165, 1.54) is 0 Å². The highest BCUT2D eigenvalue weighted by Crippen LogP contribution is 2.35. The summed E-state index contributed by atoms with van der Waals surface area (Å²) in [4.78, 5) is 0. The molecule has 1 atom stereocenters. The molecular formula is C9H9BrO2. The fraction of sp³-hybridized carbons (Fsp3) is 0.333. The molecule has 3 heteroatoms. The normalized spacial score (nSPS) is 26.8. The van der Waals surface area contributed by atoms with Gasteiger partial charge in [-0.05, 0) is 12.2 Å². The highest BCUT2D eigenvalue weighted by Gasteiger charge is 2.22. The molecule has 1 aliphatic carbocycles. The van der Waals surface area contributed by atoms with Crippen molar-refractivity contribution in [2.75, 3.05) is 6.61 Å². The van der Waals surface area contributed by atoms with Crippen molar-refractivity contribution in [1.82, 2.24) is 0 Å². The average Bonchev–Trinajstić information content (AvgIpc) is 2.47. The molecule has 64 valence electrons. The van der Waals surface area contributed by atoms with Crippen molar-refractivity contribution >= 4 is 15.9 Å². The number of hydrogen-bond donors (Lipinski definition) is 1. The van der Waals surface area contributed by atoms with Crippen LogP contribution < -0.4 is 0 Å². The predicted octanol–water partition coefficient (Wildman–Crippen LogP) is 1.87. The Hall–Kier alpha value is -0.540. The van der Waals surface area contributed by atoms with Gasteiger partial charge in [0.15, 0.2) is 0 Å². The molecule has 0 bridgehead atoms. The van der Waals surface area contributed by atoms with Gasteiger partial charge in [0.2, 0.25) is 0 Å². The lowest BCUT2D eigenvalue weighted by atomic mass is 10.1. The van der Waals surface area contributed by atoms with Gasteiger partial charge in [0.1, 0.15) is 11.9 Å². The molecule has 1 heterocycles. The quantitative estimate of drug-likeness (QED) is 0.743. The first kappa shape index (κ1) is 8.08. The van der Waals surface area contributed by atoms with Gasteiger partial charge in [0.05, 0.1) is 6.61 Å². The van der Waals surface area contributed by atoms with Crippen LogP contribution in [-0.4, -0.2) is 17.8 Å². The molecule has 2 rings (SSSR count). The second-order valence-electron chi connectivity index (χ2n) is 2.82. The van der Waals surface area contributed by atoms with Gasteiger partial charge in [0.25, 0.3) is 0 Å². The second kappa shape index (κ2) is 3.07. The summed E-state index contributed by atoms with van der Waals surface area (Å²) in [6, 6.07) is 0. The van der Waals surface area contributed by atoms with Gasteiger partial charge in [-0.1, -0.05) is 22.0 Å². The third kappa shape index (κ3) is 1.23. The molecule has 1 unspecified atom stereocenters. The second-order valence-corrected chi connectivity index (χ2v) is 3.68. The van der Waals surface area contributed by atoms with Crippen molar-refractivity contribution in [1.29, 1.82) is 0 Å². The number of halogens is 1. The summed E-state index contributed by atoms with van der Waals surface area (Å²) < 4.78 is 6.55. The third-order valence-electron chi connectivity index (χ3n) is 1.99. The van der Waals surface area contributed by atoms with E-state index < -0.39 is 0 Å². The maximum Gasteiger partial charge on any atom is 0.127 e. The summed E-state index contributed by atoms with van der Waals surface area (Å²) in [5.41, 5.74) is 1.11. The van der Waals surface area contributed by atoms with E-state index in [0.29, 0.717) is 0 Å². The van der Waals surface area contributed by atoms with Crippen LogP contribution in [0, 0.1) is 0 Å².